The standard InChI is InChI=1S/C10H10N4OS/c11-8-3-1-2-7(4-8)5-12-10(15)9-6-16-14-13-9/h1-4,6H,5,11H2,(H,12,15). The summed E-state index contributed by atoms with van der Waals surface area (Å²) in [4.78, 5) is 11.5. The molecule has 3 N–H and O–H groups in total. The van der Waals surface area contributed by atoms with Crippen LogP contribution in [0.3, 0.4) is 0 Å². The molecule has 0 fully saturated rings. The minimum absolute atomic E-state index is 0.226. The van der Waals surface area contributed by atoms with Crippen molar-refractivity contribution in [1.29, 1.82) is 0 Å². The Balaban J connectivity index is 1.95. The molecule has 0 atom stereocenters. The number of carbonyl (C=O) groups excluding carboxylic acids is 1. The van der Waals surface area contributed by atoms with Crippen LogP contribution < -0.4 is 11.1 Å². The molecule has 1 heterocycles. The number of amides is 1. The van der Waals surface area contributed by atoms with Gasteiger partial charge in [-0.3, -0.25) is 4.79 Å². The number of nitrogens with one attached hydrogen (secondary N) is 1. The van der Waals surface area contributed by atoms with Crippen molar-refractivity contribution in [2.45, 2.75) is 6.54 Å². The fourth-order valence-electron chi connectivity index (χ4n) is 1.24. The lowest BCUT2D eigenvalue weighted by molar-refractivity contribution is 0.0946. The summed E-state index contributed by atoms with van der Waals surface area (Å²) in [6, 6.07) is 7.37. The minimum atomic E-state index is -0.226. The first kappa shape index (κ1) is 10.6. The van der Waals surface area contributed by atoms with Crippen molar-refractivity contribution in [3.8, 4) is 0 Å². The number of hydrogen-bond acceptors (Lipinski definition) is 5. The van der Waals surface area contributed by atoms with Crippen molar-refractivity contribution in [2.24, 2.45) is 0 Å². The number of nitrogen functional groups attached to an aromatic ring is 1. The highest BCUT2D eigenvalue weighted by molar-refractivity contribution is 7.03. The summed E-state index contributed by atoms with van der Waals surface area (Å²) < 4.78 is 3.62. The summed E-state index contributed by atoms with van der Waals surface area (Å²) in [7, 11) is 0. The van der Waals surface area contributed by atoms with Gasteiger partial charge in [0, 0.05) is 17.6 Å². The first-order valence-corrected chi connectivity index (χ1v) is 5.49. The zero-order valence-corrected chi connectivity index (χ0v) is 9.20. The lowest BCUT2D eigenvalue weighted by Crippen LogP contribution is -2.23. The Morgan fingerprint density at radius 3 is 3.06 bits per heavy atom. The van der Waals surface area contributed by atoms with Gasteiger partial charge in [-0.15, -0.1) is 5.10 Å². The van der Waals surface area contributed by atoms with E-state index in [-0.39, 0.29) is 5.91 Å². The van der Waals surface area contributed by atoms with Gasteiger partial charge in [-0.25, -0.2) is 0 Å². The topological polar surface area (TPSA) is 80.9 Å². The summed E-state index contributed by atoms with van der Waals surface area (Å²) in [5, 5.41) is 8.02. The lowest BCUT2D eigenvalue weighted by atomic mass is 10.2. The molecule has 82 valence electrons. The Labute approximate surface area is 96.5 Å². The Bertz CT molecular complexity index is 483. The molecule has 16 heavy (non-hydrogen) atoms. The van der Waals surface area contributed by atoms with Crippen LogP contribution in [-0.2, 0) is 6.54 Å². The van der Waals surface area contributed by atoms with Gasteiger partial charge in [0.1, 0.15) is 0 Å². The first-order valence-electron chi connectivity index (χ1n) is 4.65. The second-order valence-corrected chi connectivity index (χ2v) is 3.83. The van der Waals surface area contributed by atoms with Gasteiger partial charge in [-0.2, -0.15) is 0 Å². The van der Waals surface area contributed by atoms with E-state index in [0.29, 0.717) is 17.9 Å². The molecule has 0 aliphatic carbocycles. The summed E-state index contributed by atoms with van der Waals surface area (Å²) >= 11 is 1.15. The third-order valence-corrected chi connectivity index (χ3v) is 2.50. The minimum Gasteiger partial charge on any atom is -0.399 e. The first-order chi connectivity index (χ1) is 7.75. The molecular formula is C10H10N4OS. The van der Waals surface area contributed by atoms with E-state index in [1.165, 1.54) is 0 Å². The molecule has 0 saturated heterocycles. The molecule has 0 unspecified atom stereocenters. The van der Waals surface area contributed by atoms with Crippen molar-refractivity contribution < 1.29 is 4.79 Å². The summed E-state index contributed by atoms with van der Waals surface area (Å²) in [5.41, 5.74) is 7.61. The highest BCUT2D eigenvalue weighted by Gasteiger charge is 2.07. The van der Waals surface area contributed by atoms with E-state index in [0.717, 1.165) is 17.1 Å². The molecule has 0 spiro atoms. The number of aromatic nitrogens is 2. The molecule has 1 aromatic carbocycles. The summed E-state index contributed by atoms with van der Waals surface area (Å²) in [6.07, 6.45) is 0. The van der Waals surface area contributed by atoms with Crippen LogP contribution in [0.1, 0.15) is 16.1 Å². The Hall–Kier alpha value is -1.95. The average Bonchev–Trinajstić information content (AvgIpc) is 2.79. The molecule has 0 aliphatic heterocycles. The van der Waals surface area contributed by atoms with E-state index in [1.807, 2.05) is 18.2 Å². The molecule has 1 aromatic heterocycles. The van der Waals surface area contributed by atoms with Gasteiger partial charge < -0.3 is 11.1 Å². The van der Waals surface area contributed by atoms with Crippen LogP contribution in [0.2, 0.25) is 0 Å². The van der Waals surface area contributed by atoms with Gasteiger partial charge in [0.2, 0.25) is 0 Å². The van der Waals surface area contributed by atoms with E-state index >= 15 is 0 Å². The van der Waals surface area contributed by atoms with Crippen LogP contribution in [0.5, 0.6) is 0 Å². The Kier molecular flexibility index (Phi) is 3.11. The molecule has 2 aromatic rings. The van der Waals surface area contributed by atoms with Crippen LogP contribution in [0, 0.1) is 0 Å². The predicted molar refractivity (Wildman–Crippen MR) is 61.9 cm³/mol. The third-order valence-electron chi connectivity index (χ3n) is 2.00. The predicted octanol–water partition coefficient (Wildman–Crippen LogP) is 1.05. The number of carbonyl (C=O) groups is 1. The molecule has 1 amide bonds. The Morgan fingerprint density at radius 1 is 1.50 bits per heavy atom. The zero-order valence-electron chi connectivity index (χ0n) is 8.38. The van der Waals surface area contributed by atoms with Gasteiger partial charge in [-0.1, -0.05) is 16.6 Å². The fourth-order valence-corrected chi connectivity index (χ4v) is 1.68. The molecule has 0 saturated carbocycles. The second kappa shape index (κ2) is 4.71. The number of nitrogens with zero attached hydrogens (tertiary/aromatic N) is 2. The van der Waals surface area contributed by atoms with Gasteiger partial charge in [0.05, 0.1) is 0 Å². The van der Waals surface area contributed by atoms with Crippen LogP contribution in [-0.4, -0.2) is 15.5 Å². The summed E-state index contributed by atoms with van der Waals surface area (Å²) in [6.45, 7) is 0.432. The zero-order chi connectivity index (χ0) is 11.4. The number of benzene rings is 1. The van der Waals surface area contributed by atoms with Gasteiger partial charge in [0.15, 0.2) is 5.69 Å². The highest BCUT2D eigenvalue weighted by Crippen LogP contribution is 2.06. The number of hydrogen-bond donors (Lipinski definition) is 2. The van der Waals surface area contributed by atoms with E-state index in [4.69, 9.17) is 5.73 Å². The maximum Gasteiger partial charge on any atom is 0.273 e. The molecule has 5 nitrogen and oxygen atoms in total. The number of anilines is 1. The lowest BCUT2D eigenvalue weighted by Gasteiger charge is -2.03. The normalized spacial score (nSPS) is 10.0. The molecule has 6 heteroatoms. The maximum atomic E-state index is 11.5. The molecule has 0 aliphatic rings. The van der Waals surface area contributed by atoms with E-state index in [2.05, 4.69) is 14.9 Å². The maximum absolute atomic E-state index is 11.5. The van der Waals surface area contributed by atoms with Crippen molar-refractivity contribution in [2.75, 3.05) is 5.73 Å². The average molecular weight is 234 g/mol. The quantitative estimate of drug-likeness (QED) is 0.778. The van der Waals surface area contributed by atoms with Gasteiger partial charge >= 0.3 is 0 Å². The van der Waals surface area contributed by atoms with Crippen molar-refractivity contribution in [1.82, 2.24) is 14.9 Å². The van der Waals surface area contributed by atoms with Crippen LogP contribution in [0.25, 0.3) is 0 Å². The molecular weight excluding hydrogens is 224 g/mol. The van der Waals surface area contributed by atoms with Crippen molar-refractivity contribution in [3.05, 3.63) is 40.9 Å². The van der Waals surface area contributed by atoms with Crippen molar-refractivity contribution >= 4 is 23.1 Å². The third kappa shape index (κ3) is 2.54. The van der Waals surface area contributed by atoms with Crippen molar-refractivity contribution in [3.63, 3.8) is 0 Å². The largest absolute Gasteiger partial charge is 0.399 e. The smallest absolute Gasteiger partial charge is 0.273 e. The van der Waals surface area contributed by atoms with E-state index in [9.17, 15) is 4.79 Å². The van der Waals surface area contributed by atoms with Crippen LogP contribution >= 0.6 is 11.5 Å². The second-order valence-electron chi connectivity index (χ2n) is 3.22. The SMILES string of the molecule is Nc1cccc(CNC(=O)c2csnn2)c1. The van der Waals surface area contributed by atoms with E-state index in [1.54, 1.807) is 11.4 Å². The molecule has 0 radical (unpaired) electrons. The van der Waals surface area contributed by atoms with Crippen LogP contribution in [0.4, 0.5) is 5.69 Å². The molecule has 0 bridgehead atoms. The van der Waals surface area contributed by atoms with Gasteiger partial charge in [-0.05, 0) is 29.2 Å². The van der Waals surface area contributed by atoms with Gasteiger partial charge in [0.25, 0.3) is 5.91 Å². The summed E-state index contributed by atoms with van der Waals surface area (Å²) in [5.74, 6) is -0.226. The van der Waals surface area contributed by atoms with E-state index < -0.39 is 0 Å². The Morgan fingerprint density at radius 2 is 2.38 bits per heavy atom. The van der Waals surface area contributed by atoms with Crippen LogP contribution in [0.15, 0.2) is 29.6 Å². The fraction of sp³-hybridized carbons (Fsp3) is 0.100. The highest BCUT2D eigenvalue weighted by atomic mass is 32.1. The number of rotatable bonds is 3. The molecule has 2 rings (SSSR count). The number of nitrogens with two attached hydrogens (primary N) is 1. The monoisotopic (exact) mass is 234 g/mol.